The zero-order chi connectivity index (χ0) is 13.8. The first kappa shape index (κ1) is 12.9. The predicted octanol–water partition coefficient (Wildman–Crippen LogP) is 1.61. The molecular weight excluding hydrogens is 254 g/mol. The van der Waals surface area contributed by atoms with Crippen LogP contribution in [0.5, 0.6) is 6.01 Å². The fourth-order valence-corrected chi connectivity index (χ4v) is 2.60. The van der Waals surface area contributed by atoms with Crippen molar-refractivity contribution >= 4 is 0 Å². The van der Waals surface area contributed by atoms with E-state index in [1.54, 1.807) is 19.5 Å². The van der Waals surface area contributed by atoms with E-state index in [-0.39, 0.29) is 0 Å². The highest BCUT2D eigenvalue weighted by molar-refractivity contribution is 5.10. The maximum atomic E-state index is 4.98. The van der Waals surface area contributed by atoms with Gasteiger partial charge in [-0.15, -0.1) is 0 Å². The molecule has 1 aliphatic rings. The summed E-state index contributed by atoms with van der Waals surface area (Å²) in [6.45, 7) is 1.89. The molecule has 0 bridgehead atoms. The summed E-state index contributed by atoms with van der Waals surface area (Å²) in [4.78, 5) is 19.3. The van der Waals surface area contributed by atoms with Gasteiger partial charge in [0.2, 0.25) is 0 Å². The third-order valence-electron chi connectivity index (χ3n) is 3.54. The smallest absolute Gasteiger partial charge is 0.316 e. The number of aromatic nitrogens is 4. The van der Waals surface area contributed by atoms with Crippen molar-refractivity contribution in [2.24, 2.45) is 0 Å². The molecule has 0 radical (unpaired) electrons. The Labute approximate surface area is 117 Å². The van der Waals surface area contributed by atoms with E-state index in [1.165, 1.54) is 6.42 Å². The molecule has 104 valence electrons. The molecule has 1 aliphatic heterocycles. The number of hydrogen-bond donors (Lipinski definition) is 0. The molecule has 0 unspecified atom stereocenters. The molecule has 1 saturated heterocycles. The van der Waals surface area contributed by atoms with E-state index in [2.05, 4.69) is 24.8 Å². The van der Waals surface area contributed by atoms with E-state index in [0.29, 0.717) is 12.1 Å². The van der Waals surface area contributed by atoms with Gasteiger partial charge in [0.25, 0.3) is 0 Å². The number of nitrogens with zero attached hydrogens (tertiary/aromatic N) is 5. The van der Waals surface area contributed by atoms with Gasteiger partial charge in [-0.05, 0) is 19.4 Å². The summed E-state index contributed by atoms with van der Waals surface area (Å²) in [5.74, 6) is 0. The van der Waals surface area contributed by atoms with Gasteiger partial charge in [0.15, 0.2) is 0 Å². The van der Waals surface area contributed by atoms with Gasteiger partial charge in [-0.2, -0.15) is 0 Å². The average Bonchev–Trinajstić information content (AvgIpc) is 2.97. The summed E-state index contributed by atoms with van der Waals surface area (Å²) in [5, 5.41) is 0. The topological polar surface area (TPSA) is 64.0 Å². The van der Waals surface area contributed by atoms with E-state index in [1.807, 2.05) is 18.6 Å². The molecule has 1 fully saturated rings. The Morgan fingerprint density at radius 2 is 2.05 bits per heavy atom. The molecule has 0 saturated carbocycles. The third kappa shape index (κ3) is 2.75. The van der Waals surface area contributed by atoms with Gasteiger partial charge < -0.3 is 4.74 Å². The van der Waals surface area contributed by atoms with E-state index in [4.69, 9.17) is 4.74 Å². The van der Waals surface area contributed by atoms with Crippen molar-refractivity contribution in [1.82, 2.24) is 24.8 Å². The molecule has 0 N–H and O–H groups in total. The maximum Gasteiger partial charge on any atom is 0.316 e. The third-order valence-corrected chi connectivity index (χ3v) is 3.54. The number of hydrogen-bond acceptors (Lipinski definition) is 6. The van der Waals surface area contributed by atoms with Gasteiger partial charge in [0.05, 0.1) is 18.8 Å². The highest BCUT2D eigenvalue weighted by Crippen LogP contribution is 2.31. The Balaban J connectivity index is 1.72. The van der Waals surface area contributed by atoms with Crippen molar-refractivity contribution in [3.8, 4) is 6.01 Å². The molecule has 6 heteroatoms. The zero-order valence-corrected chi connectivity index (χ0v) is 11.4. The highest BCUT2D eigenvalue weighted by atomic mass is 16.5. The molecule has 2 aromatic rings. The summed E-state index contributed by atoms with van der Waals surface area (Å²) < 4.78 is 4.98. The minimum Gasteiger partial charge on any atom is -0.467 e. The summed E-state index contributed by atoms with van der Waals surface area (Å²) in [6, 6.07) is 0.742. The fraction of sp³-hybridized carbons (Fsp3) is 0.429. The minimum atomic E-state index is 0.339. The Bertz CT molecular complexity index is 545. The molecule has 0 aromatic carbocycles. The maximum absolute atomic E-state index is 4.98. The number of likely N-dealkylation sites (tertiary alicyclic amines) is 1. The van der Waals surface area contributed by atoms with Crippen LogP contribution in [0.15, 0.2) is 31.0 Å². The van der Waals surface area contributed by atoms with Gasteiger partial charge >= 0.3 is 6.01 Å². The predicted molar refractivity (Wildman–Crippen MR) is 73.0 cm³/mol. The van der Waals surface area contributed by atoms with E-state index < -0.39 is 0 Å². The Kier molecular flexibility index (Phi) is 3.83. The Morgan fingerprint density at radius 3 is 2.75 bits per heavy atom. The van der Waals surface area contributed by atoms with E-state index in [0.717, 1.165) is 30.8 Å². The first-order valence-corrected chi connectivity index (χ1v) is 6.71. The first-order valence-electron chi connectivity index (χ1n) is 6.71. The molecule has 0 spiro atoms. The van der Waals surface area contributed by atoms with Crippen LogP contribution < -0.4 is 4.74 Å². The fourth-order valence-electron chi connectivity index (χ4n) is 2.60. The second-order valence-corrected chi connectivity index (χ2v) is 4.84. The molecule has 1 atom stereocenters. The SMILES string of the molecule is COc1ncc(CN2CCC[C@H]2c2cnccn2)cn1. The summed E-state index contributed by atoms with van der Waals surface area (Å²) in [7, 11) is 1.57. The van der Waals surface area contributed by atoms with Crippen LogP contribution in [-0.4, -0.2) is 38.5 Å². The standard InChI is InChI=1S/C14H17N5O/c1-20-14-17-7-11(8-18-14)10-19-6-2-3-13(19)12-9-15-4-5-16-12/h4-5,7-9,13H,2-3,6,10H2,1H3/t13-/m0/s1. The number of methoxy groups -OCH3 is 1. The monoisotopic (exact) mass is 271 g/mol. The van der Waals surface area contributed by atoms with Crippen LogP contribution in [-0.2, 0) is 6.54 Å². The zero-order valence-electron chi connectivity index (χ0n) is 11.4. The second-order valence-electron chi connectivity index (χ2n) is 4.84. The van der Waals surface area contributed by atoms with Gasteiger partial charge in [0, 0.05) is 43.1 Å². The lowest BCUT2D eigenvalue weighted by atomic mass is 10.1. The molecule has 20 heavy (non-hydrogen) atoms. The molecular formula is C14H17N5O. The summed E-state index contributed by atoms with van der Waals surface area (Å²) >= 11 is 0. The lowest BCUT2D eigenvalue weighted by Gasteiger charge is -2.23. The lowest BCUT2D eigenvalue weighted by molar-refractivity contribution is 0.243. The van der Waals surface area contributed by atoms with Crippen molar-refractivity contribution in [3.05, 3.63) is 42.2 Å². The summed E-state index contributed by atoms with van der Waals surface area (Å²) in [6.07, 6.45) is 11.2. The molecule has 6 nitrogen and oxygen atoms in total. The highest BCUT2D eigenvalue weighted by Gasteiger charge is 2.27. The van der Waals surface area contributed by atoms with E-state index in [9.17, 15) is 0 Å². The molecule has 0 amide bonds. The molecule has 3 heterocycles. The van der Waals surface area contributed by atoms with Crippen LogP contribution in [0.2, 0.25) is 0 Å². The minimum absolute atomic E-state index is 0.339. The van der Waals surface area contributed by atoms with Crippen LogP contribution in [0, 0.1) is 0 Å². The second kappa shape index (κ2) is 5.92. The number of ether oxygens (including phenoxy) is 1. The quantitative estimate of drug-likeness (QED) is 0.842. The van der Waals surface area contributed by atoms with Crippen molar-refractivity contribution in [1.29, 1.82) is 0 Å². The van der Waals surface area contributed by atoms with Gasteiger partial charge in [0.1, 0.15) is 0 Å². The van der Waals surface area contributed by atoms with Crippen LogP contribution in [0.3, 0.4) is 0 Å². The van der Waals surface area contributed by atoms with Crippen molar-refractivity contribution in [2.75, 3.05) is 13.7 Å². The Morgan fingerprint density at radius 1 is 1.20 bits per heavy atom. The summed E-state index contributed by atoms with van der Waals surface area (Å²) in [5.41, 5.74) is 2.13. The van der Waals surface area contributed by atoms with Crippen LogP contribution in [0.4, 0.5) is 0 Å². The van der Waals surface area contributed by atoms with E-state index >= 15 is 0 Å². The lowest BCUT2D eigenvalue weighted by Crippen LogP contribution is -2.23. The molecule has 0 aliphatic carbocycles. The first-order chi connectivity index (χ1) is 9.86. The van der Waals surface area contributed by atoms with Crippen molar-refractivity contribution in [3.63, 3.8) is 0 Å². The molecule has 2 aromatic heterocycles. The van der Waals surface area contributed by atoms with Crippen molar-refractivity contribution in [2.45, 2.75) is 25.4 Å². The number of rotatable bonds is 4. The Hall–Kier alpha value is -2.08. The van der Waals surface area contributed by atoms with Crippen LogP contribution >= 0.6 is 0 Å². The van der Waals surface area contributed by atoms with Gasteiger partial charge in [-0.1, -0.05) is 0 Å². The van der Waals surface area contributed by atoms with Gasteiger partial charge in [-0.3, -0.25) is 14.9 Å². The molecule has 3 rings (SSSR count). The van der Waals surface area contributed by atoms with Gasteiger partial charge in [-0.25, -0.2) is 9.97 Å². The largest absolute Gasteiger partial charge is 0.467 e. The van der Waals surface area contributed by atoms with Crippen LogP contribution in [0.1, 0.15) is 30.1 Å². The van der Waals surface area contributed by atoms with Crippen LogP contribution in [0.25, 0.3) is 0 Å². The normalized spacial score (nSPS) is 19.1. The van der Waals surface area contributed by atoms with Crippen molar-refractivity contribution < 1.29 is 4.74 Å². The average molecular weight is 271 g/mol.